The molecule has 2 aromatic heterocycles. The molecular weight excluding hydrogens is 520 g/mol. The summed E-state index contributed by atoms with van der Waals surface area (Å²) in [6, 6.07) is -0.401. The van der Waals surface area contributed by atoms with Gasteiger partial charge in [0.1, 0.15) is 12.0 Å². The van der Waals surface area contributed by atoms with E-state index in [1.807, 2.05) is 0 Å². The van der Waals surface area contributed by atoms with Crippen LogP contribution in [0.1, 0.15) is 63.6 Å². The summed E-state index contributed by atoms with van der Waals surface area (Å²) >= 11 is 0. The number of nitrogens with one attached hydrogen (secondary N) is 1. The van der Waals surface area contributed by atoms with Gasteiger partial charge in [-0.15, -0.1) is 0 Å². The SMILES string of the molecule is C[C@H](NC(=O)c1cc(C(F)(F)F)cc(C(F)(F)F)c1)c1ncnn1-c1cnc(C(=O)N(C)CC2CC2)cn1. The molecule has 0 unspecified atom stereocenters. The van der Waals surface area contributed by atoms with Gasteiger partial charge in [-0.1, -0.05) is 0 Å². The fourth-order valence-corrected chi connectivity index (χ4v) is 3.66. The van der Waals surface area contributed by atoms with Crippen LogP contribution in [-0.4, -0.2) is 55.0 Å². The fourth-order valence-electron chi connectivity index (χ4n) is 3.66. The minimum absolute atomic E-state index is 0.0619. The molecule has 0 radical (unpaired) electrons. The third-order valence-electron chi connectivity index (χ3n) is 5.81. The number of rotatable bonds is 7. The molecule has 1 aliphatic carbocycles. The Hall–Kier alpha value is -4.04. The van der Waals surface area contributed by atoms with Crippen molar-refractivity contribution in [2.45, 2.75) is 38.2 Å². The number of carbonyl (C=O) groups excluding carboxylic acids is 2. The Morgan fingerprint density at radius 1 is 1.03 bits per heavy atom. The maximum atomic E-state index is 13.1. The predicted octanol–water partition coefficient (Wildman–Crippen LogP) is 4.07. The third kappa shape index (κ3) is 6.08. The lowest BCUT2D eigenvalue weighted by molar-refractivity contribution is -0.143. The number of amides is 2. The molecule has 2 heterocycles. The van der Waals surface area contributed by atoms with Crippen LogP contribution in [0.5, 0.6) is 0 Å². The van der Waals surface area contributed by atoms with Gasteiger partial charge in [0.2, 0.25) is 0 Å². The molecular formula is C23H21F6N7O2. The van der Waals surface area contributed by atoms with Gasteiger partial charge in [0.25, 0.3) is 11.8 Å². The number of nitrogens with zero attached hydrogens (tertiary/aromatic N) is 6. The lowest BCUT2D eigenvalue weighted by Gasteiger charge is -2.17. The van der Waals surface area contributed by atoms with Crippen LogP contribution >= 0.6 is 0 Å². The zero-order valence-electron chi connectivity index (χ0n) is 20.0. The molecule has 0 saturated heterocycles. The topological polar surface area (TPSA) is 106 Å². The zero-order chi connectivity index (χ0) is 27.8. The highest BCUT2D eigenvalue weighted by molar-refractivity contribution is 5.95. The average molecular weight is 541 g/mol. The van der Waals surface area contributed by atoms with Crippen LogP contribution in [-0.2, 0) is 12.4 Å². The van der Waals surface area contributed by atoms with Crippen molar-refractivity contribution in [1.29, 1.82) is 0 Å². The highest BCUT2D eigenvalue weighted by Gasteiger charge is 2.37. The maximum absolute atomic E-state index is 13.1. The predicted molar refractivity (Wildman–Crippen MR) is 119 cm³/mol. The largest absolute Gasteiger partial charge is 0.416 e. The molecule has 1 atom stereocenters. The molecule has 1 aromatic carbocycles. The highest BCUT2D eigenvalue weighted by Crippen LogP contribution is 2.36. The molecule has 38 heavy (non-hydrogen) atoms. The van der Waals surface area contributed by atoms with E-state index in [2.05, 4.69) is 25.4 Å². The smallest absolute Gasteiger partial charge is 0.342 e. The Balaban J connectivity index is 1.52. The standard InChI is InChI=1S/C23H21F6N7O2/c1-12(34-20(37)14-5-15(22(24,25)26)7-16(6-14)23(27,28)29)19-32-11-33-36(19)18-9-30-17(8-31-18)21(38)35(2)10-13-3-4-13/h5-9,11-13H,3-4,10H2,1-2H3,(H,34,37)/t12-/m0/s1. The molecule has 1 fully saturated rings. The first-order valence-electron chi connectivity index (χ1n) is 11.3. The summed E-state index contributed by atoms with van der Waals surface area (Å²) in [6.07, 6.45) is -4.42. The van der Waals surface area contributed by atoms with Crippen LogP contribution in [0.3, 0.4) is 0 Å². The van der Waals surface area contributed by atoms with Crippen molar-refractivity contribution in [3.63, 3.8) is 0 Å². The first kappa shape index (κ1) is 27.0. The molecule has 0 bridgehead atoms. The number of carbonyl (C=O) groups is 2. The van der Waals surface area contributed by atoms with Crippen molar-refractivity contribution in [3.8, 4) is 5.82 Å². The van der Waals surface area contributed by atoms with Gasteiger partial charge >= 0.3 is 12.4 Å². The Kier molecular flexibility index (Phi) is 7.12. The minimum Gasteiger partial charge on any atom is -0.342 e. The molecule has 15 heteroatoms. The van der Waals surface area contributed by atoms with Crippen LogP contribution < -0.4 is 5.32 Å². The van der Waals surface area contributed by atoms with Crippen molar-refractivity contribution < 1.29 is 35.9 Å². The molecule has 2 amide bonds. The second-order valence-corrected chi connectivity index (χ2v) is 8.91. The van der Waals surface area contributed by atoms with Crippen molar-refractivity contribution in [3.05, 3.63) is 65.1 Å². The number of benzene rings is 1. The summed E-state index contributed by atoms with van der Waals surface area (Å²) in [6.45, 7) is 2.03. The van der Waals surface area contributed by atoms with Gasteiger partial charge in [0.05, 0.1) is 29.6 Å². The first-order chi connectivity index (χ1) is 17.7. The molecule has 1 aliphatic rings. The summed E-state index contributed by atoms with van der Waals surface area (Å²) < 4.78 is 80.1. The lowest BCUT2D eigenvalue weighted by Crippen LogP contribution is -2.30. The van der Waals surface area contributed by atoms with Gasteiger partial charge in [0.15, 0.2) is 11.6 Å². The summed E-state index contributed by atoms with van der Waals surface area (Å²) in [4.78, 5) is 39.0. The summed E-state index contributed by atoms with van der Waals surface area (Å²) in [5.74, 6) is -0.815. The quantitative estimate of drug-likeness (QED) is 0.452. The van der Waals surface area contributed by atoms with E-state index in [1.165, 1.54) is 24.0 Å². The number of halogens is 6. The number of hydrogen-bond acceptors (Lipinski definition) is 6. The van der Waals surface area contributed by atoms with E-state index in [-0.39, 0.29) is 29.3 Å². The molecule has 1 saturated carbocycles. The molecule has 9 nitrogen and oxygen atoms in total. The van der Waals surface area contributed by atoms with E-state index in [9.17, 15) is 35.9 Å². The van der Waals surface area contributed by atoms with Crippen molar-refractivity contribution in [2.24, 2.45) is 5.92 Å². The molecule has 4 rings (SSSR count). The van der Waals surface area contributed by atoms with Crippen LogP contribution in [0.2, 0.25) is 0 Å². The average Bonchev–Trinajstić information content (AvgIpc) is 3.53. The lowest BCUT2D eigenvalue weighted by atomic mass is 10.0. The van der Waals surface area contributed by atoms with Gasteiger partial charge in [-0.2, -0.15) is 36.1 Å². The first-order valence-corrected chi connectivity index (χ1v) is 11.3. The Bertz CT molecular complexity index is 1300. The van der Waals surface area contributed by atoms with Crippen LogP contribution in [0.25, 0.3) is 5.82 Å². The molecule has 0 aliphatic heterocycles. The van der Waals surface area contributed by atoms with Crippen molar-refractivity contribution >= 4 is 11.8 Å². The fraction of sp³-hybridized carbons (Fsp3) is 0.391. The van der Waals surface area contributed by atoms with E-state index in [0.29, 0.717) is 24.6 Å². The summed E-state index contributed by atoms with van der Waals surface area (Å²) in [5.41, 5.74) is -3.95. The second kappa shape index (κ2) is 10.0. The molecule has 0 spiro atoms. The van der Waals surface area contributed by atoms with Gasteiger partial charge in [-0.05, 0) is 43.9 Å². The van der Waals surface area contributed by atoms with E-state index in [0.717, 1.165) is 19.2 Å². The number of hydrogen-bond donors (Lipinski definition) is 1. The Labute approximate surface area is 211 Å². The maximum Gasteiger partial charge on any atom is 0.416 e. The van der Waals surface area contributed by atoms with Crippen LogP contribution in [0.4, 0.5) is 26.3 Å². The van der Waals surface area contributed by atoms with Crippen LogP contribution in [0, 0.1) is 5.92 Å². The minimum atomic E-state index is -5.10. The Morgan fingerprint density at radius 2 is 1.66 bits per heavy atom. The van der Waals surface area contributed by atoms with Crippen LogP contribution in [0.15, 0.2) is 36.9 Å². The summed E-state index contributed by atoms with van der Waals surface area (Å²) in [5, 5.41) is 6.33. The molecule has 3 aromatic rings. The van der Waals surface area contributed by atoms with Gasteiger partial charge in [0, 0.05) is 19.2 Å². The Morgan fingerprint density at radius 3 is 2.18 bits per heavy atom. The van der Waals surface area contributed by atoms with E-state index in [4.69, 9.17) is 0 Å². The number of aromatic nitrogens is 5. The molecule has 202 valence electrons. The third-order valence-corrected chi connectivity index (χ3v) is 5.81. The number of alkyl halides is 6. The van der Waals surface area contributed by atoms with E-state index in [1.54, 1.807) is 11.9 Å². The van der Waals surface area contributed by atoms with Gasteiger partial charge in [-0.25, -0.2) is 15.0 Å². The van der Waals surface area contributed by atoms with Gasteiger partial charge < -0.3 is 10.2 Å². The zero-order valence-corrected chi connectivity index (χ0v) is 20.0. The monoisotopic (exact) mass is 541 g/mol. The normalized spacial score (nSPS) is 14.7. The molecule has 1 N–H and O–H groups in total. The van der Waals surface area contributed by atoms with E-state index < -0.39 is 41.0 Å². The summed E-state index contributed by atoms with van der Waals surface area (Å²) in [7, 11) is 1.66. The van der Waals surface area contributed by atoms with Crippen molar-refractivity contribution in [2.75, 3.05) is 13.6 Å². The second-order valence-electron chi connectivity index (χ2n) is 8.91. The van der Waals surface area contributed by atoms with Crippen molar-refractivity contribution in [1.82, 2.24) is 34.9 Å². The van der Waals surface area contributed by atoms with E-state index >= 15 is 0 Å². The highest BCUT2D eigenvalue weighted by atomic mass is 19.4. The van der Waals surface area contributed by atoms with Gasteiger partial charge in [-0.3, -0.25) is 9.59 Å².